The minimum Gasteiger partial charge on any atom is -0.478 e. The molecule has 0 aliphatic carbocycles. The highest BCUT2D eigenvalue weighted by atomic mass is 16.4. The van der Waals surface area contributed by atoms with E-state index < -0.39 is 11.9 Å². The maximum Gasteiger partial charge on any atom is 0.328 e. The number of carbonyl (C=O) groups excluding carboxylic acids is 1. The van der Waals surface area contributed by atoms with Crippen LogP contribution in [-0.2, 0) is 9.59 Å². The van der Waals surface area contributed by atoms with Crippen LogP contribution in [0.3, 0.4) is 0 Å². The van der Waals surface area contributed by atoms with Crippen LogP contribution < -0.4 is 5.32 Å². The number of hydrogen-bond donors (Lipinski definition) is 2. The first kappa shape index (κ1) is 14.5. The summed E-state index contributed by atoms with van der Waals surface area (Å²) in [5.74, 6) is -1.19. The van der Waals surface area contributed by atoms with Gasteiger partial charge in [0.05, 0.1) is 0 Å². The molecule has 0 aliphatic heterocycles. The Kier molecular flexibility index (Phi) is 3.88. The average molecular weight is 308 g/mol. The Morgan fingerprint density at radius 2 is 1.78 bits per heavy atom. The first-order chi connectivity index (χ1) is 11.1. The highest BCUT2D eigenvalue weighted by molar-refractivity contribution is 6.02. The maximum atomic E-state index is 11.5. The third-order valence-electron chi connectivity index (χ3n) is 3.07. The van der Waals surface area contributed by atoms with Crippen molar-refractivity contribution < 1.29 is 19.1 Å². The number of hydrogen-bond acceptors (Lipinski definition) is 4. The molecule has 2 aromatic carbocycles. The molecule has 0 radical (unpaired) electrons. The summed E-state index contributed by atoms with van der Waals surface area (Å²) in [5, 5.41) is 11.0. The van der Waals surface area contributed by atoms with Gasteiger partial charge in [-0.1, -0.05) is 12.1 Å². The van der Waals surface area contributed by atoms with Gasteiger partial charge in [-0.2, -0.15) is 0 Å². The van der Waals surface area contributed by atoms with Crippen molar-refractivity contribution in [2.45, 2.75) is 0 Å². The van der Waals surface area contributed by atoms with E-state index in [9.17, 15) is 9.59 Å². The molecule has 1 aromatic heterocycles. The molecule has 3 rings (SSSR count). The second-order valence-corrected chi connectivity index (χ2v) is 4.72. The van der Waals surface area contributed by atoms with Gasteiger partial charge in [0.15, 0.2) is 5.58 Å². The van der Waals surface area contributed by atoms with Gasteiger partial charge in [-0.25, -0.2) is 9.78 Å². The predicted octanol–water partition coefficient (Wildman–Crippen LogP) is 3.07. The standard InChI is InChI=1S/C17H12N2O4/c20-15(9-10-16(21)22)18-12-7-5-11(6-8-12)17-19-13-3-1-2-4-14(13)23-17/h1-10H,(H,18,20)(H,21,22)/b10-9+. The number of aromatic nitrogens is 1. The van der Waals surface area contributed by atoms with Gasteiger partial charge in [-0.05, 0) is 36.4 Å². The van der Waals surface area contributed by atoms with Crippen LogP contribution in [0.5, 0.6) is 0 Å². The van der Waals surface area contributed by atoms with Gasteiger partial charge >= 0.3 is 5.97 Å². The summed E-state index contributed by atoms with van der Waals surface area (Å²) >= 11 is 0. The quantitative estimate of drug-likeness (QED) is 0.723. The molecule has 6 nitrogen and oxygen atoms in total. The first-order valence-corrected chi connectivity index (χ1v) is 6.80. The van der Waals surface area contributed by atoms with Gasteiger partial charge in [0, 0.05) is 23.4 Å². The zero-order valence-electron chi connectivity index (χ0n) is 11.9. The Hall–Kier alpha value is -3.41. The molecule has 0 saturated carbocycles. The summed E-state index contributed by atoms with van der Waals surface area (Å²) in [5.41, 5.74) is 2.81. The number of nitrogens with one attached hydrogen (secondary N) is 1. The SMILES string of the molecule is O=C(O)/C=C/C(=O)Nc1ccc(-c2nc3ccccc3o2)cc1. The van der Waals surface area contributed by atoms with Crippen molar-refractivity contribution in [3.8, 4) is 11.5 Å². The summed E-state index contributed by atoms with van der Waals surface area (Å²) in [6.07, 6.45) is 1.74. The van der Waals surface area contributed by atoms with Crippen molar-refractivity contribution in [2.75, 3.05) is 5.32 Å². The Bertz CT molecular complexity index is 861. The lowest BCUT2D eigenvalue weighted by Crippen LogP contribution is -2.08. The van der Waals surface area contributed by atoms with Gasteiger partial charge in [0.2, 0.25) is 11.8 Å². The largest absolute Gasteiger partial charge is 0.478 e. The van der Waals surface area contributed by atoms with E-state index in [1.807, 2.05) is 24.3 Å². The van der Waals surface area contributed by atoms with E-state index in [0.717, 1.165) is 23.2 Å². The normalized spacial score (nSPS) is 11.0. The zero-order chi connectivity index (χ0) is 16.2. The number of benzene rings is 2. The van der Waals surface area contributed by atoms with E-state index in [2.05, 4.69) is 10.3 Å². The summed E-state index contributed by atoms with van der Waals surface area (Å²) in [6, 6.07) is 14.4. The molecule has 3 aromatic rings. The molecule has 1 amide bonds. The van der Waals surface area contributed by atoms with Crippen molar-refractivity contribution in [1.82, 2.24) is 4.98 Å². The molecule has 23 heavy (non-hydrogen) atoms. The number of aliphatic carboxylic acids is 1. The third kappa shape index (κ3) is 3.44. The van der Waals surface area contributed by atoms with Crippen LogP contribution in [0.2, 0.25) is 0 Å². The minimum atomic E-state index is -1.17. The van der Waals surface area contributed by atoms with Crippen molar-refractivity contribution in [3.63, 3.8) is 0 Å². The predicted molar refractivity (Wildman–Crippen MR) is 84.9 cm³/mol. The lowest BCUT2D eigenvalue weighted by atomic mass is 10.2. The maximum absolute atomic E-state index is 11.5. The summed E-state index contributed by atoms with van der Waals surface area (Å²) in [6.45, 7) is 0. The van der Waals surface area contributed by atoms with Crippen molar-refractivity contribution in [3.05, 3.63) is 60.7 Å². The summed E-state index contributed by atoms with van der Waals surface area (Å²) in [7, 11) is 0. The molecule has 6 heteroatoms. The Morgan fingerprint density at radius 3 is 2.48 bits per heavy atom. The van der Waals surface area contributed by atoms with E-state index in [1.165, 1.54) is 0 Å². The van der Waals surface area contributed by atoms with E-state index >= 15 is 0 Å². The number of amides is 1. The molecule has 0 bridgehead atoms. The number of carboxylic acid groups (broad SMARTS) is 1. The number of anilines is 1. The molecule has 0 spiro atoms. The van der Waals surface area contributed by atoms with Crippen LogP contribution in [0.15, 0.2) is 65.1 Å². The van der Waals surface area contributed by atoms with Gasteiger partial charge in [0.1, 0.15) is 5.52 Å². The van der Waals surface area contributed by atoms with Gasteiger partial charge < -0.3 is 14.8 Å². The van der Waals surface area contributed by atoms with Crippen LogP contribution in [-0.4, -0.2) is 22.0 Å². The van der Waals surface area contributed by atoms with Crippen LogP contribution in [0, 0.1) is 0 Å². The van der Waals surface area contributed by atoms with E-state index in [4.69, 9.17) is 9.52 Å². The number of carbonyl (C=O) groups is 2. The van der Waals surface area contributed by atoms with Gasteiger partial charge in [-0.3, -0.25) is 4.79 Å². The molecular weight excluding hydrogens is 296 g/mol. The van der Waals surface area contributed by atoms with Gasteiger partial charge in [0.25, 0.3) is 0 Å². The molecule has 0 fully saturated rings. The number of nitrogens with zero attached hydrogens (tertiary/aromatic N) is 1. The van der Waals surface area contributed by atoms with Gasteiger partial charge in [-0.15, -0.1) is 0 Å². The van der Waals surface area contributed by atoms with Crippen LogP contribution >= 0.6 is 0 Å². The molecule has 1 heterocycles. The summed E-state index contributed by atoms with van der Waals surface area (Å²) < 4.78 is 5.67. The fraction of sp³-hybridized carbons (Fsp3) is 0. The van der Waals surface area contributed by atoms with E-state index in [1.54, 1.807) is 24.3 Å². The highest BCUT2D eigenvalue weighted by Crippen LogP contribution is 2.25. The van der Waals surface area contributed by atoms with E-state index in [0.29, 0.717) is 17.2 Å². The molecule has 0 atom stereocenters. The highest BCUT2D eigenvalue weighted by Gasteiger charge is 2.07. The second kappa shape index (κ2) is 6.15. The van der Waals surface area contributed by atoms with Crippen molar-refractivity contribution in [1.29, 1.82) is 0 Å². The smallest absolute Gasteiger partial charge is 0.328 e. The monoisotopic (exact) mass is 308 g/mol. The van der Waals surface area contributed by atoms with E-state index in [-0.39, 0.29) is 0 Å². The van der Waals surface area contributed by atoms with Crippen LogP contribution in [0.4, 0.5) is 5.69 Å². The molecular formula is C17H12N2O4. The van der Waals surface area contributed by atoms with Crippen molar-refractivity contribution in [2.24, 2.45) is 0 Å². The summed E-state index contributed by atoms with van der Waals surface area (Å²) in [4.78, 5) is 26.2. The lowest BCUT2D eigenvalue weighted by molar-refractivity contribution is -0.131. The Morgan fingerprint density at radius 1 is 1.04 bits per heavy atom. The molecule has 0 unspecified atom stereocenters. The second-order valence-electron chi connectivity index (χ2n) is 4.72. The fourth-order valence-corrected chi connectivity index (χ4v) is 2.02. The number of carboxylic acids is 1. The molecule has 0 saturated heterocycles. The number of para-hydroxylation sites is 2. The zero-order valence-corrected chi connectivity index (χ0v) is 11.9. The van der Waals surface area contributed by atoms with Crippen LogP contribution in [0.25, 0.3) is 22.6 Å². The Labute approximate surface area is 131 Å². The topological polar surface area (TPSA) is 92.4 Å². The lowest BCUT2D eigenvalue weighted by Gasteiger charge is -2.02. The molecule has 2 N–H and O–H groups in total. The minimum absolute atomic E-state index is 0.495. The average Bonchev–Trinajstić information content (AvgIpc) is 2.97. The number of fused-ring (bicyclic) bond motifs is 1. The number of oxazole rings is 1. The fourth-order valence-electron chi connectivity index (χ4n) is 2.02. The molecule has 0 aliphatic rings. The molecule has 114 valence electrons. The Balaban J connectivity index is 1.76. The first-order valence-electron chi connectivity index (χ1n) is 6.80. The third-order valence-corrected chi connectivity index (χ3v) is 3.07. The van der Waals surface area contributed by atoms with Crippen molar-refractivity contribution >= 4 is 28.7 Å². The van der Waals surface area contributed by atoms with Crippen LogP contribution in [0.1, 0.15) is 0 Å². The number of rotatable bonds is 4.